The van der Waals surface area contributed by atoms with Crippen molar-refractivity contribution >= 4 is 47.2 Å². The molecular weight excluding hydrogens is 501 g/mol. The van der Waals surface area contributed by atoms with Crippen molar-refractivity contribution in [2.24, 2.45) is 10.7 Å². The van der Waals surface area contributed by atoms with Gasteiger partial charge in [0.05, 0.1) is 18.7 Å². The number of anilines is 1. The lowest BCUT2D eigenvalue weighted by molar-refractivity contribution is 0.130. The molecule has 0 amide bonds. The molecule has 0 bridgehead atoms. The third-order valence-electron chi connectivity index (χ3n) is 4.84. The minimum atomic E-state index is 0. The van der Waals surface area contributed by atoms with Gasteiger partial charge in [-0.2, -0.15) is 0 Å². The van der Waals surface area contributed by atoms with E-state index in [0.29, 0.717) is 23.3 Å². The normalized spacial score (nSPS) is 15.6. The van der Waals surface area contributed by atoms with Gasteiger partial charge < -0.3 is 15.8 Å². The minimum absolute atomic E-state index is 0. The fraction of sp³-hybridized carbons (Fsp3) is 0.381. The summed E-state index contributed by atoms with van der Waals surface area (Å²) in [4.78, 5) is 9.36. The van der Waals surface area contributed by atoms with Gasteiger partial charge in [0, 0.05) is 45.0 Å². The molecule has 8 heteroatoms. The SMILES string of the molecule is COc1ccc(NC(N)=NCCN2CCN(Cc3ccccc3)CC2)cc1Cl.I. The zero-order valence-corrected chi connectivity index (χ0v) is 19.8. The van der Waals surface area contributed by atoms with Crippen LogP contribution in [0.25, 0.3) is 0 Å². The summed E-state index contributed by atoms with van der Waals surface area (Å²) in [7, 11) is 1.59. The molecule has 1 aliphatic rings. The second kappa shape index (κ2) is 12.2. The molecule has 1 saturated heterocycles. The maximum Gasteiger partial charge on any atom is 0.193 e. The Labute approximate surface area is 195 Å². The lowest BCUT2D eigenvalue weighted by atomic mass is 10.2. The van der Waals surface area contributed by atoms with Gasteiger partial charge in [-0.15, -0.1) is 24.0 Å². The number of piperazine rings is 1. The zero-order chi connectivity index (χ0) is 19.8. The number of methoxy groups -OCH3 is 1. The molecule has 1 heterocycles. The Morgan fingerprint density at radius 1 is 1.10 bits per heavy atom. The van der Waals surface area contributed by atoms with E-state index in [1.807, 2.05) is 6.07 Å². The molecule has 158 valence electrons. The molecule has 2 aromatic rings. The Kier molecular flexibility index (Phi) is 9.99. The number of nitrogens with one attached hydrogen (secondary N) is 1. The van der Waals surface area contributed by atoms with Crippen LogP contribution >= 0.6 is 35.6 Å². The van der Waals surface area contributed by atoms with Crippen molar-refractivity contribution in [3.05, 3.63) is 59.1 Å². The standard InChI is InChI=1S/C21H28ClN5O.HI/c1-28-20-8-7-18(15-19(20)22)25-21(23)24-9-10-26-11-13-27(14-12-26)16-17-5-3-2-4-6-17;/h2-8,15H,9-14,16H2,1H3,(H3,23,24,25);1H. The second-order valence-electron chi connectivity index (χ2n) is 6.84. The topological polar surface area (TPSA) is 66.1 Å². The van der Waals surface area contributed by atoms with Crippen molar-refractivity contribution in [2.75, 3.05) is 51.7 Å². The van der Waals surface area contributed by atoms with Crippen LogP contribution in [-0.2, 0) is 6.54 Å². The average Bonchev–Trinajstić information content (AvgIpc) is 2.70. The molecule has 1 aliphatic heterocycles. The second-order valence-corrected chi connectivity index (χ2v) is 7.25. The first-order chi connectivity index (χ1) is 13.6. The number of hydrogen-bond donors (Lipinski definition) is 2. The van der Waals surface area contributed by atoms with E-state index in [2.05, 4.69) is 50.4 Å². The molecule has 0 radical (unpaired) electrons. The van der Waals surface area contributed by atoms with Gasteiger partial charge in [-0.25, -0.2) is 0 Å². The third-order valence-corrected chi connectivity index (χ3v) is 5.13. The molecule has 2 aromatic carbocycles. The Bertz CT molecular complexity index is 782. The summed E-state index contributed by atoms with van der Waals surface area (Å²) in [5.74, 6) is 1.03. The van der Waals surface area contributed by atoms with Gasteiger partial charge in [0.1, 0.15) is 5.75 Å². The van der Waals surface area contributed by atoms with E-state index >= 15 is 0 Å². The predicted octanol–water partition coefficient (Wildman–Crippen LogP) is 3.51. The highest BCUT2D eigenvalue weighted by Crippen LogP contribution is 2.27. The van der Waals surface area contributed by atoms with Gasteiger partial charge in [-0.1, -0.05) is 41.9 Å². The summed E-state index contributed by atoms with van der Waals surface area (Å²) in [5, 5.41) is 3.60. The summed E-state index contributed by atoms with van der Waals surface area (Å²) < 4.78 is 5.15. The summed E-state index contributed by atoms with van der Waals surface area (Å²) in [6.07, 6.45) is 0. The number of benzene rings is 2. The molecule has 0 atom stereocenters. The van der Waals surface area contributed by atoms with Crippen molar-refractivity contribution < 1.29 is 4.74 Å². The Hall–Kier alpha value is -1.55. The number of guanidine groups is 1. The molecule has 3 N–H and O–H groups in total. The van der Waals surface area contributed by atoms with Crippen molar-refractivity contribution in [3.63, 3.8) is 0 Å². The van der Waals surface area contributed by atoms with Crippen LogP contribution in [0.2, 0.25) is 5.02 Å². The van der Waals surface area contributed by atoms with Gasteiger partial charge in [-0.05, 0) is 23.8 Å². The predicted molar refractivity (Wildman–Crippen MR) is 132 cm³/mol. The lowest BCUT2D eigenvalue weighted by Crippen LogP contribution is -2.46. The summed E-state index contributed by atoms with van der Waals surface area (Å²) in [6.45, 7) is 6.88. The highest BCUT2D eigenvalue weighted by Gasteiger charge is 2.16. The number of ether oxygens (including phenoxy) is 1. The van der Waals surface area contributed by atoms with E-state index in [9.17, 15) is 0 Å². The lowest BCUT2D eigenvalue weighted by Gasteiger charge is -2.34. The van der Waals surface area contributed by atoms with Gasteiger partial charge in [0.2, 0.25) is 0 Å². The molecule has 0 aliphatic carbocycles. The maximum absolute atomic E-state index is 6.13. The Morgan fingerprint density at radius 2 is 1.79 bits per heavy atom. The van der Waals surface area contributed by atoms with Crippen molar-refractivity contribution in [3.8, 4) is 5.75 Å². The molecule has 0 unspecified atom stereocenters. The van der Waals surface area contributed by atoms with Crippen LogP contribution in [0, 0.1) is 0 Å². The van der Waals surface area contributed by atoms with E-state index in [0.717, 1.165) is 45.0 Å². The van der Waals surface area contributed by atoms with Gasteiger partial charge in [0.15, 0.2) is 5.96 Å². The maximum atomic E-state index is 6.13. The number of aliphatic imine (C=N–C) groups is 1. The highest BCUT2D eigenvalue weighted by atomic mass is 127. The van der Waals surface area contributed by atoms with E-state index in [4.69, 9.17) is 22.1 Å². The number of hydrogen-bond acceptors (Lipinski definition) is 4. The van der Waals surface area contributed by atoms with Crippen molar-refractivity contribution in [2.45, 2.75) is 6.54 Å². The van der Waals surface area contributed by atoms with Gasteiger partial charge in [-0.3, -0.25) is 14.8 Å². The number of nitrogens with zero attached hydrogens (tertiary/aromatic N) is 3. The summed E-state index contributed by atoms with van der Waals surface area (Å²) >= 11 is 6.13. The van der Waals surface area contributed by atoms with Gasteiger partial charge in [0.25, 0.3) is 0 Å². The molecule has 6 nitrogen and oxygen atoms in total. The molecule has 0 aromatic heterocycles. The van der Waals surface area contributed by atoms with Crippen LogP contribution in [0.1, 0.15) is 5.56 Å². The molecule has 0 spiro atoms. The van der Waals surface area contributed by atoms with Crippen LogP contribution in [0.3, 0.4) is 0 Å². The summed E-state index contributed by atoms with van der Waals surface area (Å²) in [6, 6.07) is 16.1. The van der Waals surface area contributed by atoms with E-state index in [-0.39, 0.29) is 24.0 Å². The molecular formula is C21H29ClIN5O. The highest BCUT2D eigenvalue weighted by molar-refractivity contribution is 14.0. The van der Waals surface area contributed by atoms with Crippen molar-refractivity contribution in [1.29, 1.82) is 0 Å². The van der Waals surface area contributed by atoms with Crippen molar-refractivity contribution in [1.82, 2.24) is 9.80 Å². The Balaban J connectivity index is 0.00000300. The van der Waals surface area contributed by atoms with Gasteiger partial charge >= 0.3 is 0 Å². The zero-order valence-electron chi connectivity index (χ0n) is 16.7. The van der Waals surface area contributed by atoms with Crippen LogP contribution in [0.4, 0.5) is 5.69 Å². The fourth-order valence-electron chi connectivity index (χ4n) is 3.26. The third kappa shape index (κ3) is 7.65. The molecule has 0 saturated carbocycles. The van der Waals surface area contributed by atoms with E-state index in [1.165, 1.54) is 5.56 Å². The molecule has 3 rings (SSSR count). The summed E-state index contributed by atoms with van der Waals surface area (Å²) in [5.41, 5.74) is 8.15. The quantitative estimate of drug-likeness (QED) is 0.326. The smallest absolute Gasteiger partial charge is 0.193 e. The Morgan fingerprint density at radius 3 is 2.45 bits per heavy atom. The minimum Gasteiger partial charge on any atom is -0.495 e. The number of rotatable bonds is 7. The van der Waals surface area contributed by atoms with Crippen LogP contribution < -0.4 is 15.8 Å². The first-order valence-electron chi connectivity index (χ1n) is 9.53. The van der Waals surface area contributed by atoms with Crippen LogP contribution in [0.5, 0.6) is 5.75 Å². The molecule has 1 fully saturated rings. The van der Waals surface area contributed by atoms with E-state index < -0.39 is 0 Å². The molecule has 29 heavy (non-hydrogen) atoms. The monoisotopic (exact) mass is 529 g/mol. The van der Waals surface area contributed by atoms with Crippen LogP contribution in [-0.4, -0.2) is 62.1 Å². The fourth-order valence-corrected chi connectivity index (χ4v) is 3.51. The number of nitrogens with two attached hydrogens (primary N) is 1. The van der Waals surface area contributed by atoms with E-state index in [1.54, 1.807) is 19.2 Å². The average molecular weight is 530 g/mol. The van der Waals surface area contributed by atoms with Crippen LogP contribution in [0.15, 0.2) is 53.5 Å². The first kappa shape index (κ1) is 23.7. The largest absolute Gasteiger partial charge is 0.495 e. The first-order valence-corrected chi connectivity index (χ1v) is 9.91. The number of halogens is 2.